The molecule has 5 nitrogen and oxygen atoms in total. The van der Waals surface area contributed by atoms with E-state index in [9.17, 15) is 4.79 Å². The maximum Gasteiger partial charge on any atom is 0.333 e. The average molecular weight is 202 g/mol. The van der Waals surface area contributed by atoms with Crippen molar-refractivity contribution in [2.24, 2.45) is 5.73 Å². The third-order valence-corrected chi connectivity index (χ3v) is 1.43. The molecule has 0 rings (SSSR count). The Morgan fingerprint density at radius 1 is 1.71 bits per heavy atom. The van der Waals surface area contributed by atoms with E-state index in [1.54, 1.807) is 6.92 Å². The number of aliphatic hydroxyl groups is 1. The van der Waals surface area contributed by atoms with Gasteiger partial charge in [-0.25, -0.2) is 4.79 Å². The van der Waals surface area contributed by atoms with Crippen LogP contribution in [-0.2, 0) is 9.53 Å². The molecule has 0 spiro atoms. The van der Waals surface area contributed by atoms with Crippen LogP contribution < -0.4 is 11.1 Å². The minimum Gasteiger partial charge on any atom is -0.462 e. The Bertz CT molecular complexity index is 192. The summed E-state index contributed by atoms with van der Waals surface area (Å²) in [6, 6.07) is 0. The molecule has 0 aliphatic carbocycles. The molecule has 0 heterocycles. The Morgan fingerprint density at radius 3 is 2.86 bits per heavy atom. The largest absolute Gasteiger partial charge is 0.462 e. The van der Waals surface area contributed by atoms with Gasteiger partial charge in [0, 0.05) is 12.1 Å². The van der Waals surface area contributed by atoms with Gasteiger partial charge in [0.25, 0.3) is 0 Å². The van der Waals surface area contributed by atoms with Crippen molar-refractivity contribution in [2.45, 2.75) is 19.6 Å². The molecular formula is C9H18N2O3. The first kappa shape index (κ1) is 13.1. The van der Waals surface area contributed by atoms with Crippen LogP contribution in [0.1, 0.15) is 13.3 Å². The highest BCUT2D eigenvalue weighted by molar-refractivity contribution is 5.86. The molecule has 0 aromatic carbocycles. The monoisotopic (exact) mass is 202 g/mol. The number of rotatable bonds is 7. The number of hydrogen-bond acceptors (Lipinski definition) is 5. The van der Waals surface area contributed by atoms with Crippen molar-refractivity contribution < 1.29 is 14.6 Å². The van der Waals surface area contributed by atoms with Crippen LogP contribution in [0.5, 0.6) is 0 Å². The predicted octanol–water partition coefficient (Wildman–Crippen LogP) is -0.637. The minimum absolute atomic E-state index is 0.342. The molecule has 1 atom stereocenters. The van der Waals surface area contributed by atoms with Crippen molar-refractivity contribution in [1.29, 1.82) is 0 Å². The third kappa shape index (κ3) is 7.72. The highest BCUT2D eigenvalue weighted by Crippen LogP contribution is 1.92. The second-order valence-corrected chi connectivity index (χ2v) is 3.04. The van der Waals surface area contributed by atoms with Crippen molar-refractivity contribution in [3.8, 4) is 0 Å². The molecule has 1 unspecified atom stereocenters. The van der Waals surface area contributed by atoms with Gasteiger partial charge in [0.1, 0.15) is 6.23 Å². The van der Waals surface area contributed by atoms with Crippen molar-refractivity contribution >= 4 is 5.97 Å². The van der Waals surface area contributed by atoms with Gasteiger partial charge in [0.05, 0.1) is 6.61 Å². The van der Waals surface area contributed by atoms with E-state index in [0.29, 0.717) is 31.7 Å². The maximum atomic E-state index is 10.9. The van der Waals surface area contributed by atoms with Gasteiger partial charge in [-0.3, -0.25) is 0 Å². The third-order valence-electron chi connectivity index (χ3n) is 1.43. The molecule has 0 fully saturated rings. The first-order valence-corrected chi connectivity index (χ1v) is 4.51. The molecule has 0 aromatic rings. The van der Waals surface area contributed by atoms with E-state index in [-0.39, 0.29) is 5.97 Å². The number of esters is 1. The molecular weight excluding hydrogens is 184 g/mol. The Labute approximate surface area is 83.9 Å². The van der Waals surface area contributed by atoms with Crippen LogP contribution in [0.4, 0.5) is 0 Å². The van der Waals surface area contributed by atoms with Gasteiger partial charge in [-0.2, -0.15) is 0 Å². The average Bonchev–Trinajstić information content (AvgIpc) is 2.09. The van der Waals surface area contributed by atoms with Gasteiger partial charge < -0.3 is 20.9 Å². The van der Waals surface area contributed by atoms with Gasteiger partial charge >= 0.3 is 5.97 Å². The first-order chi connectivity index (χ1) is 6.54. The summed E-state index contributed by atoms with van der Waals surface area (Å²) in [4.78, 5) is 10.9. The van der Waals surface area contributed by atoms with Crippen LogP contribution in [0.25, 0.3) is 0 Å². The van der Waals surface area contributed by atoms with Gasteiger partial charge in [0.15, 0.2) is 0 Å². The summed E-state index contributed by atoms with van der Waals surface area (Å²) in [5.41, 5.74) is 5.49. The number of aliphatic hydroxyl groups excluding tert-OH is 1. The molecule has 5 heteroatoms. The molecule has 0 amide bonds. The summed E-state index contributed by atoms with van der Waals surface area (Å²) in [6.07, 6.45) is -0.154. The molecule has 4 N–H and O–H groups in total. The number of ether oxygens (including phenoxy) is 1. The quantitative estimate of drug-likeness (QED) is 0.221. The van der Waals surface area contributed by atoms with E-state index in [1.165, 1.54) is 0 Å². The molecule has 0 aliphatic heterocycles. The Hall–Kier alpha value is -0.910. The fourth-order valence-corrected chi connectivity index (χ4v) is 0.735. The molecule has 82 valence electrons. The molecule has 0 saturated heterocycles. The second-order valence-electron chi connectivity index (χ2n) is 3.04. The molecule has 0 bridgehead atoms. The fraction of sp³-hybridized carbons (Fsp3) is 0.667. The van der Waals surface area contributed by atoms with Crippen molar-refractivity contribution in [3.63, 3.8) is 0 Å². The zero-order chi connectivity index (χ0) is 11.0. The van der Waals surface area contributed by atoms with Crippen molar-refractivity contribution in [1.82, 2.24) is 5.32 Å². The van der Waals surface area contributed by atoms with Crippen LogP contribution in [-0.4, -0.2) is 37.0 Å². The highest BCUT2D eigenvalue weighted by Gasteiger charge is 2.01. The van der Waals surface area contributed by atoms with Crippen LogP contribution in [0.2, 0.25) is 0 Å². The zero-order valence-corrected chi connectivity index (χ0v) is 8.45. The Balaban J connectivity index is 3.22. The lowest BCUT2D eigenvalue weighted by molar-refractivity contribution is -0.139. The molecule has 14 heavy (non-hydrogen) atoms. The van der Waals surface area contributed by atoms with E-state index < -0.39 is 6.23 Å². The molecule has 0 aliphatic rings. The summed E-state index contributed by atoms with van der Waals surface area (Å²) in [7, 11) is 0. The van der Waals surface area contributed by atoms with Crippen LogP contribution in [0, 0.1) is 0 Å². The van der Waals surface area contributed by atoms with Crippen LogP contribution in [0.3, 0.4) is 0 Å². The summed E-state index contributed by atoms with van der Waals surface area (Å²) < 4.78 is 4.84. The summed E-state index contributed by atoms with van der Waals surface area (Å²) in [5, 5.41) is 11.6. The topological polar surface area (TPSA) is 84.6 Å². The first-order valence-electron chi connectivity index (χ1n) is 4.51. The lowest BCUT2D eigenvalue weighted by Crippen LogP contribution is -2.34. The number of nitrogens with one attached hydrogen (secondary N) is 1. The van der Waals surface area contributed by atoms with E-state index in [2.05, 4.69) is 11.9 Å². The van der Waals surface area contributed by atoms with Crippen molar-refractivity contribution in [3.05, 3.63) is 12.2 Å². The van der Waals surface area contributed by atoms with E-state index >= 15 is 0 Å². The Kier molecular flexibility index (Phi) is 7.00. The van der Waals surface area contributed by atoms with E-state index in [1.807, 2.05) is 0 Å². The summed E-state index contributed by atoms with van der Waals surface area (Å²) in [5.74, 6) is -0.371. The second kappa shape index (κ2) is 7.49. The predicted molar refractivity (Wildman–Crippen MR) is 53.5 cm³/mol. The maximum absolute atomic E-state index is 10.9. The zero-order valence-electron chi connectivity index (χ0n) is 8.45. The number of carbonyl (C=O) groups excluding carboxylic acids is 1. The van der Waals surface area contributed by atoms with Crippen LogP contribution >= 0.6 is 0 Å². The van der Waals surface area contributed by atoms with Crippen LogP contribution in [0.15, 0.2) is 12.2 Å². The normalized spacial score (nSPS) is 12.2. The van der Waals surface area contributed by atoms with Gasteiger partial charge in [-0.05, 0) is 19.9 Å². The lowest BCUT2D eigenvalue weighted by Gasteiger charge is -2.07. The number of hydrogen-bond donors (Lipinski definition) is 3. The fourth-order valence-electron chi connectivity index (χ4n) is 0.735. The Morgan fingerprint density at radius 2 is 2.36 bits per heavy atom. The molecule has 0 aromatic heterocycles. The smallest absolute Gasteiger partial charge is 0.333 e. The standard InChI is InChI=1S/C9H18N2O3/c1-7(2)9(13)14-5-3-4-11-6-8(10)12/h8,11-12H,1,3-6,10H2,2H3. The van der Waals surface area contributed by atoms with Crippen molar-refractivity contribution in [2.75, 3.05) is 19.7 Å². The summed E-state index contributed by atoms with van der Waals surface area (Å²) >= 11 is 0. The SMILES string of the molecule is C=C(C)C(=O)OCCCNCC(N)O. The molecule has 0 saturated carbocycles. The van der Waals surface area contributed by atoms with Gasteiger partial charge in [-0.15, -0.1) is 0 Å². The summed E-state index contributed by atoms with van der Waals surface area (Å²) in [6.45, 7) is 6.39. The molecule has 0 radical (unpaired) electrons. The number of nitrogens with two attached hydrogens (primary N) is 1. The lowest BCUT2D eigenvalue weighted by atomic mass is 10.3. The highest BCUT2D eigenvalue weighted by atomic mass is 16.5. The van der Waals surface area contributed by atoms with E-state index in [0.717, 1.165) is 0 Å². The van der Waals surface area contributed by atoms with E-state index in [4.69, 9.17) is 15.6 Å². The van der Waals surface area contributed by atoms with Gasteiger partial charge in [0.2, 0.25) is 0 Å². The number of carbonyl (C=O) groups is 1. The minimum atomic E-state index is -0.840. The van der Waals surface area contributed by atoms with Gasteiger partial charge in [-0.1, -0.05) is 6.58 Å².